The van der Waals surface area contributed by atoms with Crippen molar-refractivity contribution in [2.24, 2.45) is 11.8 Å². The summed E-state index contributed by atoms with van der Waals surface area (Å²) >= 11 is 6.12. The molecular formula is C16H20ClF3O. The summed E-state index contributed by atoms with van der Waals surface area (Å²) in [4.78, 5) is 0. The lowest BCUT2D eigenvalue weighted by atomic mass is 9.77. The van der Waals surface area contributed by atoms with Gasteiger partial charge in [0.05, 0.1) is 12.0 Å². The van der Waals surface area contributed by atoms with E-state index < -0.39 is 18.2 Å². The van der Waals surface area contributed by atoms with Gasteiger partial charge in [0.2, 0.25) is 0 Å². The predicted octanol–water partition coefficient (Wildman–Crippen LogP) is 4.92. The van der Waals surface area contributed by atoms with Gasteiger partial charge in [-0.1, -0.05) is 30.2 Å². The topological polar surface area (TPSA) is 20.2 Å². The second kappa shape index (κ2) is 6.57. The molecule has 21 heavy (non-hydrogen) atoms. The number of alkyl halides is 3. The zero-order valence-corrected chi connectivity index (χ0v) is 12.7. The van der Waals surface area contributed by atoms with E-state index in [1.807, 2.05) is 25.1 Å². The Morgan fingerprint density at radius 1 is 1.33 bits per heavy atom. The Hall–Kier alpha value is -0.740. The van der Waals surface area contributed by atoms with Gasteiger partial charge in [0.1, 0.15) is 0 Å². The Morgan fingerprint density at radius 2 is 2.05 bits per heavy atom. The van der Waals surface area contributed by atoms with Gasteiger partial charge in [-0.15, -0.1) is 0 Å². The molecule has 1 N–H and O–H groups in total. The van der Waals surface area contributed by atoms with Gasteiger partial charge in [-0.05, 0) is 49.3 Å². The normalized spacial score (nSPS) is 24.9. The zero-order valence-electron chi connectivity index (χ0n) is 12.0. The first-order chi connectivity index (χ1) is 9.77. The molecule has 3 unspecified atom stereocenters. The second-order valence-corrected chi connectivity index (χ2v) is 6.44. The SMILES string of the molecule is Cc1ccc(CC(O)C2CCCC(C(F)(F)F)C2)c(Cl)c1. The molecule has 0 amide bonds. The van der Waals surface area contributed by atoms with Crippen molar-refractivity contribution < 1.29 is 18.3 Å². The number of hydrogen-bond donors (Lipinski definition) is 1. The van der Waals surface area contributed by atoms with Crippen LogP contribution in [0.4, 0.5) is 13.2 Å². The highest BCUT2D eigenvalue weighted by Crippen LogP contribution is 2.41. The number of rotatable bonds is 3. The average molecular weight is 321 g/mol. The molecule has 2 rings (SSSR count). The first-order valence-electron chi connectivity index (χ1n) is 7.27. The molecule has 0 radical (unpaired) electrons. The van der Waals surface area contributed by atoms with Gasteiger partial charge >= 0.3 is 6.18 Å². The highest BCUT2D eigenvalue weighted by molar-refractivity contribution is 6.31. The number of hydrogen-bond acceptors (Lipinski definition) is 1. The molecule has 0 spiro atoms. The highest BCUT2D eigenvalue weighted by atomic mass is 35.5. The van der Waals surface area contributed by atoms with Crippen LogP contribution in [-0.2, 0) is 6.42 Å². The molecule has 0 aliphatic heterocycles. The number of aryl methyl sites for hydroxylation is 1. The number of aliphatic hydroxyl groups is 1. The largest absolute Gasteiger partial charge is 0.392 e. The Kier molecular flexibility index (Phi) is 5.20. The summed E-state index contributed by atoms with van der Waals surface area (Å²) in [5, 5.41) is 10.8. The Morgan fingerprint density at radius 3 is 2.67 bits per heavy atom. The minimum absolute atomic E-state index is 0.0220. The summed E-state index contributed by atoms with van der Waals surface area (Å²) < 4.78 is 38.4. The third-order valence-electron chi connectivity index (χ3n) is 4.36. The fraction of sp³-hybridized carbons (Fsp3) is 0.625. The van der Waals surface area contributed by atoms with Crippen LogP contribution in [0.5, 0.6) is 0 Å². The van der Waals surface area contributed by atoms with Crippen molar-refractivity contribution in [2.45, 2.75) is 51.3 Å². The van der Waals surface area contributed by atoms with E-state index in [1.54, 1.807) is 0 Å². The summed E-state index contributed by atoms with van der Waals surface area (Å²) in [7, 11) is 0. The van der Waals surface area contributed by atoms with Gasteiger partial charge in [-0.25, -0.2) is 0 Å². The summed E-state index contributed by atoms with van der Waals surface area (Å²) in [6.45, 7) is 1.92. The van der Waals surface area contributed by atoms with Crippen LogP contribution in [0.2, 0.25) is 5.02 Å². The Bertz CT molecular complexity index is 487. The fourth-order valence-corrected chi connectivity index (χ4v) is 3.40. The number of halogens is 4. The molecular weight excluding hydrogens is 301 g/mol. The van der Waals surface area contributed by atoms with Gasteiger partial charge in [0, 0.05) is 11.4 Å². The number of aliphatic hydroxyl groups excluding tert-OH is 1. The molecule has 1 nitrogen and oxygen atoms in total. The first-order valence-corrected chi connectivity index (χ1v) is 7.65. The van der Waals surface area contributed by atoms with Crippen molar-refractivity contribution in [1.29, 1.82) is 0 Å². The van der Waals surface area contributed by atoms with Crippen LogP contribution in [0.1, 0.15) is 36.8 Å². The van der Waals surface area contributed by atoms with E-state index in [-0.39, 0.29) is 18.8 Å². The van der Waals surface area contributed by atoms with Crippen molar-refractivity contribution in [1.82, 2.24) is 0 Å². The highest BCUT2D eigenvalue weighted by Gasteiger charge is 2.43. The maximum atomic E-state index is 12.8. The van der Waals surface area contributed by atoms with Crippen LogP contribution in [0.15, 0.2) is 18.2 Å². The van der Waals surface area contributed by atoms with Gasteiger partial charge in [-0.2, -0.15) is 13.2 Å². The summed E-state index contributed by atoms with van der Waals surface area (Å²) in [6, 6.07) is 5.54. The monoisotopic (exact) mass is 320 g/mol. The van der Waals surface area contributed by atoms with Crippen molar-refractivity contribution in [3.05, 3.63) is 34.3 Å². The summed E-state index contributed by atoms with van der Waals surface area (Å²) in [6.07, 6.45) is -3.24. The van der Waals surface area contributed by atoms with Crippen LogP contribution in [0.25, 0.3) is 0 Å². The molecule has 1 aliphatic rings. The van der Waals surface area contributed by atoms with Crippen molar-refractivity contribution in [2.75, 3.05) is 0 Å². The quantitative estimate of drug-likeness (QED) is 0.838. The van der Waals surface area contributed by atoms with E-state index in [0.717, 1.165) is 11.1 Å². The average Bonchev–Trinajstić information content (AvgIpc) is 2.41. The molecule has 0 bridgehead atoms. The maximum absolute atomic E-state index is 12.8. The Balaban J connectivity index is 2.01. The first kappa shape index (κ1) is 16.6. The molecule has 1 aliphatic carbocycles. The van der Waals surface area contributed by atoms with Gasteiger partial charge < -0.3 is 5.11 Å². The van der Waals surface area contributed by atoms with Crippen LogP contribution in [-0.4, -0.2) is 17.4 Å². The molecule has 1 aromatic rings. The lowest BCUT2D eigenvalue weighted by molar-refractivity contribution is -0.188. The standard InChI is InChI=1S/C16H20ClF3O/c1-10-5-6-11(14(17)7-10)9-15(21)12-3-2-4-13(8-12)16(18,19)20/h5-7,12-13,15,21H,2-4,8-9H2,1H3. The third-order valence-corrected chi connectivity index (χ3v) is 4.71. The van der Waals surface area contributed by atoms with E-state index in [9.17, 15) is 18.3 Å². The van der Waals surface area contributed by atoms with Crippen molar-refractivity contribution in [3.63, 3.8) is 0 Å². The van der Waals surface area contributed by atoms with Crippen LogP contribution >= 0.6 is 11.6 Å². The molecule has 1 saturated carbocycles. The lowest BCUT2D eigenvalue weighted by Crippen LogP contribution is -2.34. The lowest BCUT2D eigenvalue weighted by Gasteiger charge is -2.33. The summed E-state index contributed by atoms with van der Waals surface area (Å²) in [5.41, 5.74) is 1.82. The van der Waals surface area contributed by atoms with Crippen molar-refractivity contribution >= 4 is 11.6 Å². The van der Waals surface area contributed by atoms with E-state index in [1.165, 1.54) is 0 Å². The van der Waals surface area contributed by atoms with Gasteiger partial charge in [-0.3, -0.25) is 0 Å². The van der Waals surface area contributed by atoms with Gasteiger partial charge in [0.25, 0.3) is 0 Å². The van der Waals surface area contributed by atoms with Crippen LogP contribution < -0.4 is 0 Å². The molecule has 0 aromatic heterocycles. The molecule has 118 valence electrons. The third kappa shape index (κ3) is 4.36. The molecule has 1 fully saturated rings. The van der Waals surface area contributed by atoms with Crippen LogP contribution in [0.3, 0.4) is 0 Å². The Labute approximate surface area is 128 Å². The van der Waals surface area contributed by atoms with Gasteiger partial charge in [0.15, 0.2) is 0 Å². The molecule has 0 saturated heterocycles. The molecule has 5 heteroatoms. The van der Waals surface area contributed by atoms with Crippen LogP contribution in [0, 0.1) is 18.8 Å². The fourth-order valence-electron chi connectivity index (χ4n) is 3.08. The smallest absolute Gasteiger partial charge is 0.391 e. The minimum atomic E-state index is -4.15. The second-order valence-electron chi connectivity index (χ2n) is 6.03. The maximum Gasteiger partial charge on any atom is 0.391 e. The van der Waals surface area contributed by atoms with Crippen molar-refractivity contribution in [3.8, 4) is 0 Å². The van der Waals surface area contributed by atoms with E-state index in [0.29, 0.717) is 24.3 Å². The van der Waals surface area contributed by atoms with E-state index >= 15 is 0 Å². The molecule has 1 aromatic carbocycles. The molecule has 3 atom stereocenters. The van der Waals surface area contributed by atoms with E-state index in [4.69, 9.17) is 11.6 Å². The zero-order chi connectivity index (χ0) is 15.6. The predicted molar refractivity (Wildman–Crippen MR) is 77.4 cm³/mol. The summed E-state index contributed by atoms with van der Waals surface area (Å²) in [5.74, 6) is -1.58. The molecule has 0 heterocycles. The number of benzene rings is 1. The van der Waals surface area contributed by atoms with E-state index in [2.05, 4.69) is 0 Å². The minimum Gasteiger partial charge on any atom is -0.392 e.